The number of rotatable bonds is 6. The number of aryl methyl sites for hydroxylation is 2. The average molecular weight is 412 g/mol. The lowest BCUT2D eigenvalue weighted by Crippen LogP contribution is -2.15. The maximum absolute atomic E-state index is 12.5. The Morgan fingerprint density at radius 3 is 2.20 bits per heavy atom. The number of benzene rings is 1. The number of esters is 1. The number of methoxy groups -OCH3 is 1. The lowest BCUT2D eigenvalue weighted by atomic mass is 10.2. The first kappa shape index (κ1) is 20.6. The molecule has 2 aromatic heterocycles. The third kappa shape index (κ3) is 4.82. The van der Waals surface area contributed by atoms with Gasteiger partial charge in [-0.2, -0.15) is 10.2 Å². The molecule has 3 rings (SSSR count). The van der Waals surface area contributed by atoms with E-state index in [4.69, 9.17) is 4.74 Å². The fourth-order valence-corrected chi connectivity index (χ4v) is 2.53. The van der Waals surface area contributed by atoms with Crippen molar-refractivity contribution in [3.63, 3.8) is 0 Å². The first-order chi connectivity index (χ1) is 14.4. The predicted molar refractivity (Wildman–Crippen MR) is 106 cm³/mol. The lowest BCUT2D eigenvalue weighted by Gasteiger charge is -2.06. The van der Waals surface area contributed by atoms with E-state index in [9.17, 15) is 14.4 Å². The maximum atomic E-state index is 12.5. The van der Waals surface area contributed by atoms with Crippen LogP contribution < -0.4 is 10.6 Å². The maximum Gasteiger partial charge on any atom is 0.413 e. The second-order valence-corrected chi connectivity index (χ2v) is 6.21. The number of ether oxygens (including phenoxy) is 2. The molecule has 0 aliphatic carbocycles. The molecule has 0 bridgehead atoms. The molecule has 0 unspecified atom stereocenters. The van der Waals surface area contributed by atoms with E-state index in [-0.39, 0.29) is 29.6 Å². The highest BCUT2D eigenvalue weighted by atomic mass is 16.5. The molecule has 0 saturated carbocycles. The summed E-state index contributed by atoms with van der Waals surface area (Å²) in [4.78, 5) is 36.1. The van der Waals surface area contributed by atoms with E-state index in [0.717, 1.165) is 5.56 Å². The van der Waals surface area contributed by atoms with Gasteiger partial charge in [0.15, 0.2) is 11.4 Å². The third-order valence-electron chi connectivity index (χ3n) is 4.07. The van der Waals surface area contributed by atoms with Crippen LogP contribution in [0.25, 0.3) is 0 Å². The number of amides is 2. The molecule has 0 saturated heterocycles. The van der Waals surface area contributed by atoms with Gasteiger partial charge in [-0.1, -0.05) is 30.3 Å². The van der Waals surface area contributed by atoms with Crippen LogP contribution in [0.4, 0.5) is 16.4 Å². The van der Waals surface area contributed by atoms with Crippen molar-refractivity contribution in [1.82, 2.24) is 19.6 Å². The van der Waals surface area contributed by atoms with Crippen molar-refractivity contribution in [2.75, 3.05) is 17.7 Å². The smallest absolute Gasteiger partial charge is 0.413 e. The molecule has 11 heteroatoms. The molecule has 30 heavy (non-hydrogen) atoms. The molecule has 2 N–H and O–H groups in total. The quantitative estimate of drug-likeness (QED) is 0.592. The van der Waals surface area contributed by atoms with E-state index >= 15 is 0 Å². The Bertz CT molecular complexity index is 1070. The summed E-state index contributed by atoms with van der Waals surface area (Å²) in [6, 6.07) is 12.0. The van der Waals surface area contributed by atoms with Gasteiger partial charge in [-0.25, -0.2) is 9.59 Å². The predicted octanol–water partition coefficient (Wildman–Crippen LogP) is 1.94. The van der Waals surface area contributed by atoms with Crippen LogP contribution >= 0.6 is 0 Å². The zero-order chi connectivity index (χ0) is 21.7. The summed E-state index contributed by atoms with van der Waals surface area (Å²) in [6.45, 7) is 0.112. The van der Waals surface area contributed by atoms with Gasteiger partial charge in [0, 0.05) is 26.2 Å². The van der Waals surface area contributed by atoms with Crippen LogP contribution in [0.5, 0.6) is 0 Å². The van der Waals surface area contributed by atoms with Crippen LogP contribution in [0.1, 0.15) is 26.5 Å². The Balaban J connectivity index is 1.62. The summed E-state index contributed by atoms with van der Waals surface area (Å²) in [5.74, 6) is -0.610. The second kappa shape index (κ2) is 8.90. The van der Waals surface area contributed by atoms with E-state index in [1.165, 1.54) is 28.6 Å². The van der Waals surface area contributed by atoms with Gasteiger partial charge in [0.05, 0.1) is 7.11 Å². The van der Waals surface area contributed by atoms with Crippen molar-refractivity contribution in [3.8, 4) is 0 Å². The minimum Gasteiger partial charge on any atom is -0.464 e. The van der Waals surface area contributed by atoms with Crippen LogP contribution in [0.3, 0.4) is 0 Å². The fraction of sp³-hybridized carbons (Fsp3) is 0.211. The average Bonchev–Trinajstić information content (AvgIpc) is 3.29. The van der Waals surface area contributed by atoms with Crippen molar-refractivity contribution < 1.29 is 23.9 Å². The first-order valence-corrected chi connectivity index (χ1v) is 8.83. The number of anilines is 2. The van der Waals surface area contributed by atoms with Crippen LogP contribution in [-0.2, 0) is 30.2 Å². The summed E-state index contributed by atoms with van der Waals surface area (Å²) in [7, 11) is 4.38. The largest absolute Gasteiger partial charge is 0.464 e. The van der Waals surface area contributed by atoms with Crippen LogP contribution in [0.2, 0.25) is 0 Å². The van der Waals surface area contributed by atoms with Gasteiger partial charge in [-0.15, -0.1) is 0 Å². The molecule has 1 aromatic carbocycles. The molecule has 156 valence electrons. The molecule has 0 spiro atoms. The summed E-state index contributed by atoms with van der Waals surface area (Å²) < 4.78 is 12.4. The third-order valence-corrected chi connectivity index (χ3v) is 4.07. The van der Waals surface area contributed by atoms with Gasteiger partial charge in [0.25, 0.3) is 5.91 Å². The summed E-state index contributed by atoms with van der Waals surface area (Å²) >= 11 is 0. The first-order valence-electron chi connectivity index (χ1n) is 8.83. The van der Waals surface area contributed by atoms with Crippen molar-refractivity contribution in [2.45, 2.75) is 6.61 Å². The number of nitrogens with one attached hydrogen (secondary N) is 2. The Hall–Kier alpha value is -4.15. The molecular weight excluding hydrogens is 392 g/mol. The Kier molecular flexibility index (Phi) is 6.11. The SMILES string of the molecule is COC(=O)c1cc(NC(=O)c2cc(NC(=O)OCc3ccccc3)n(C)n2)n(C)n1. The van der Waals surface area contributed by atoms with E-state index in [1.807, 2.05) is 30.3 Å². The van der Waals surface area contributed by atoms with Crippen molar-refractivity contribution in [2.24, 2.45) is 14.1 Å². The number of aromatic nitrogens is 4. The van der Waals surface area contributed by atoms with E-state index in [0.29, 0.717) is 0 Å². The van der Waals surface area contributed by atoms with E-state index in [2.05, 4.69) is 25.6 Å². The molecular formula is C19H20N6O5. The number of carbonyl (C=O) groups excluding carboxylic acids is 3. The molecule has 2 heterocycles. The zero-order valence-electron chi connectivity index (χ0n) is 16.6. The Morgan fingerprint density at radius 1 is 0.933 bits per heavy atom. The number of nitrogens with zero attached hydrogens (tertiary/aromatic N) is 4. The van der Waals surface area contributed by atoms with E-state index in [1.54, 1.807) is 14.1 Å². The van der Waals surface area contributed by atoms with Gasteiger partial charge in [-0.05, 0) is 5.56 Å². The number of hydrogen-bond donors (Lipinski definition) is 2. The van der Waals surface area contributed by atoms with Crippen LogP contribution in [0, 0.1) is 0 Å². The summed E-state index contributed by atoms with van der Waals surface area (Å²) in [5, 5.41) is 13.2. The summed E-state index contributed by atoms with van der Waals surface area (Å²) in [6.07, 6.45) is -0.678. The molecule has 0 fully saturated rings. The molecule has 0 radical (unpaired) electrons. The monoisotopic (exact) mass is 412 g/mol. The molecule has 3 aromatic rings. The lowest BCUT2D eigenvalue weighted by molar-refractivity contribution is 0.0593. The normalized spacial score (nSPS) is 10.4. The van der Waals surface area contributed by atoms with Crippen molar-refractivity contribution in [3.05, 3.63) is 59.4 Å². The molecule has 0 aliphatic heterocycles. The van der Waals surface area contributed by atoms with Gasteiger partial charge in [0.1, 0.15) is 18.2 Å². The molecule has 0 atom stereocenters. The van der Waals surface area contributed by atoms with Crippen LogP contribution in [-0.4, -0.2) is 44.6 Å². The molecule has 2 amide bonds. The van der Waals surface area contributed by atoms with Gasteiger partial charge < -0.3 is 14.8 Å². The fourth-order valence-electron chi connectivity index (χ4n) is 2.53. The zero-order valence-corrected chi connectivity index (χ0v) is 16.6. The minimum absolute atomic E-state index is 0.0525. The topological polar surface area (TPSA) is 129 Å². The van der Waals surface area contributed by atoms with Gasteiger partial charge >= 0.3 is 12.1 Å². The number of carbonyl (C=O) groups is 3. The highest BCUT2D eigenvalue weighted by molar-refractivity contribution is 6.03. The number of hydrogen-bond acceptors (Lipinski definition) is 7. The molecule has 0 aliphatic rings. The highest BCUT2D eigenvalue weighted by Crippen LogP contribution is 2.14. The Morgan fingerprint density at radius 2 is 1.53 bits per heavy atom. The van der Waals surface area contributed by atoms with Gasteiger partial charge in [0.2, 0.25) is 0 Å². The minimum atomic E-state index is -0.678. The standard InChI is InChI=1S/C19H20N6O5/c1-24-15(10-14(23-24)18(27)29-3)20-17(26)13-9-16(25(2)22-13)21-19(28)30-11-12-7-5-4-6-8-12/h4-10H,11H2,1-3H3,(H,20,26)(H,21,28). The van der Waals surface area contributed by atoms with Crippen molar-refractivity contribution >= 4 is 29.6 Å². The Labute approximate surface area is 171 Å². The summed E-state index contributed by atoms with van der Waals surface area (Å²) in [5.41, 5.74) is 0.955. The second-order valence-electron chi connectivity index (χ2n) is 6.21. The molecule has 11 nitrogen and oxygen atoms in total. The van der Waals surface area contributed by atoms with E-state index < -0.39 is 18.0 Å². The van der Waals surface area contributed by atoms with Gasteiger partial charge in [-0.3, -0.25) is 19.5 Å². The van der Waals surface area contributed by atoms with Crippen LogP contribution in [0.15, 0.2) is 42.5 Å². The van der Waals surface area contributed by atoms with Crippen molar-refractivity contribution in [1.29, 1.82) is 0 Å². The highest BCUT2D eigenvalue weighted by Gasteiger charge is 2.18.